The van der Waals surface area contributed by atoms with Crippen molar-refractivity contribution in [3.05, 3.63) is 23.7 Å². The fraction of sp³-hybridized carbons (Fsp3) is 0.562. The molecule has 0 unspecified atom stereocenters. The number of rotatable bonds is 2. The van der Waals surface area contributed by atoms with Crippen molar-refractivity contribution in [3.63, 3.8) is 0 Å². The molecule has 0 aliphatic carbocycles. The SMILES string of the molecule is Cc1c(-c2cc(C(=O)N3CCN(C)[C@@H]4CS(=O)(=O)C[C@@H]43)no2)cnn1C. The second-order valence-electron chi connectivity index (χ2n) is 7.03. The van der Waals surface area contributed by atoms with E-state index in [1.807, 2.05) is 25.9 Å². The van der Waals surface area contributed by atoms with Gasteiger partial charge in [0, 0.05) is 37.9 Å². The average Bonchev–Trinajstić information content (AvgIpc) is 3.26. The van der Waals surface area contributed by atoms with E-state index in [1.165, 1.54) is 0 Å². The van der Waals surface area contributed by atoms with Gasteiger partial charge in [-0.2, -0.15) is 5.10 Å². The largest absolute Gasteiger partial charge is 0.355 e. The Balaban J connectivity index is 1.61. The van der Waals surface area contributed by atoms with Gasteiger partial charge in [0.05, 0.1) is 29.3 Å². The standard InChI is InChI=1S/C16H21N5O4S/c1-10-11(7-17-20(10)3)15-6-12(18-25-15)16(22)21-5-4-19(2)13-8-26(23,24)9-14(13)21/h6-7,13-14H,4-5,8-9H2,1-3H3/t13-,14+/m1/s1. The lowest BCUT2D eigenvalue weighted by Crippen LogP contribution is -2.59. The highest BCUT2D eigenvalue weighted by atomic mass is 32.2. The van der Waals surface area contributed by atoms with Gasteiger partial charge in [-0.05, 0) is 14.0 Å². The molecule has 0 radical (unpaired) electrons. The molecule has 0 saturated carbocycles. The van der Waals surface area contributed by atoms with Crippen molar-refractivity contribution in [3.8, 4) is 11.3 Å². The third-order valence-corrected chi connectivity index (χ3v) is 7.14. The van der Waals surface area contributed by atoms with Crippen LogP contribution in [0.2, 0.25) is 0 Å². The van der Waals surface area contributed by atoms with E-state index in [-0.39, 0.29) is 35.2 Å². The molecule has 1 amide bonds. The highest BCUT2D eigenvalue weighted by molar-refractivity contribution is 7.91. The summed E-state index contributed by atoms with van der Waals surface area (Å²) in [4.78, 5) is 16.6. The third-order valence-electron chi connectivity index (χ3n) is 5.44. The number of sulfone groups is 1. The van der Waals surface area contributed by atoms with Crippen LogP contribution >= 0.6 is 0 Å². The number of fused-ring (bicyclic) bond motifs is 1. The molecule has 0 N–H and O–H groups in total. The van der Waals surface area contributed by atoms with Crippen LogP contribution in [0.25, 0.3) is 11.3 Å². The van der Waals surface area contributed by atoms with Gasteiger partial charge >= 0.3 is 0 Å². The fourth-order valence-electron chi connectivity index (χ4n) is 3.77. The average molecular weight is 379 g/mol. The van der Waals surface area contributed by atoms with E-state index < -0.39 is 9.84 Å². The van der Waals surface area contributed by atoms with E-state index in [4.69, 9.17) is 4.52 Å². The number of carbonyl (C=O) groups is 1. The molecule has 26 heavy (non-hydrogen) atoms. The number of aromatic nitrogens is 3. The summed E-state index contributed by atoms with van der Waals surface area (Å²) in [7, 11) is 0.587. The van der Waals surface area contributed by atoms with Crippen LogP contribution in [-0.4, -0.2) is 82.8 Å². The van der Waals surface area contributed by atoms with Crippen molar-refractivity contribution in [1.29, 1.82) is 0 Å². The maximum atomic E-state index is 13.0. The molecular weight excluding hydrogens is 358 g/mol. The molecule has 2 saturated heterocycles. The maximum Gasteiger partial charge on any atom is 0.276 e. The van der Waals surface area contributed by atoms with Gasteiger partial charge in [0.1, 0.15) is 0 Å². The molecule has 2 aromatic heterocycles. The normalized spacial score (nSPS) is 25.4. The molecule has 10 heteroatoms. The summed E-state index contributed by atoms with van der Waals surface area (Å²) in [5.41, 5.74) is 1.87. The second kappa shape index (κ2) is 5.92. The molecule has 2 atom stereocenters. The molecule has 2 aromatic rings. The first kappa shape index (κ1) is 17.2. The number of carbonyl (C=O) groups excluding carboxylic acids is 1. The summed E-state index contributed by atoms with van der Waals surface area (Å²) in [6.07, 6.45) is 1.67. The highest BCUT2D eigenvalue weighted by Crippen LogP contribution is 2.28. The Morgan fingerprint density at radius 3 is 2.65 bits per heavy atom. The van der Waals surface area contributed by atoms with Gasteiger partial charge in [-0.25, -0.2) is 8.42 Å². The molecule has 0 bridgehead atoms. The number of amides is 1. The number of piperazine rings is 1. The lowest BCUT2D eigenvalue weighted by Gasteiger charge is -2.41. The summed E-state index contributed by atoms with van der Waals surface area (Å²) in [6, 6.07) is 1.10. The van der Waals surface area contributed by atoms with Gasteiger partial charge in [-0.15, -0.1) is 0 Å². The zero-order valence-electron chi connectivity index (χ0n) is 14.9. The van der Waals surface area contributed by atoms with Crippen LogP contribution < -0.4 is 0 Å². The Kier molecular flexibility index (Phi) is 3.92. The Morgan fingerprint density at radius 1 is 1.23 bits per heavy atom. The lowest BCUT2D eigenvalue weighted by molar-refractivity contribution is 0.0401. The second-order valence-corrected chi connectivity index (χ2v) is 9.19. The summed E-state index contributed by atoms with van der Waals surface area (Å²) in [5.74, 6) is 0.280. The van der Waals surface area contributed by atoms with Gasteiger partial charge < -0.3 is 9.42 Å². The lowest BCUT2D eigenvalue weighted by atomic mass is 10.0. The minimum atomic E-state index is -3.14. The quantitative estimate of drug-likeness (QED) is 0.720. The zero-order chi connectivity index (χ0) is 18.6. The number of hydrogen-bond donors (Lipinski definition) is 0. The molecule has 4 rings (SSSR count). The van der Waals surface area contributed by atoms with E-state index in [0.717, 1.165) is 11.3 Å². The van der Waals surface area contributed by atoms with Crippen molar-refractivity contribution < 1.29 is 17.7 Å². The van der Waals surface area contributed by atoms with Crippen molar-refractivity contribution in [2.45, 2.75) is 19.0 Å². The minimum absolute atomic E-state index is 0.000167. The van der Waals surface area contributed by atoms with Crippen LogP contribution in [0.5, 0.6) is 0 Å². The Labute approximate surface area is 151 Å². The molecule has 2 fully saturated rings. The van der Waals surface area contributed by atoms with Gasteiger partial charge in [0.2, 0.25) is 0 Å². The van der Waals surface area contributed by atoms with Crippen LogP contribution in [0.3, 0.4) is 0 Å². The Hall–Kier alpha value is -2.20. The van der Waals surface area contributed by atoms with E-state index in [0.29, 0.717) is 18.8 Å². The van der Waals surface area contributed by atoms with Gasteiger partial charge in [-0.3, -0.25) is 14.4 Å². The number of likely N-dealkylation sites (N-methyl/N-ethyl adjacent to an activating group) is 1. The predicted molar refractivity (Wildman–Crippen MR) is 93.3 cm³/mol. The molecule has 0 aromatic carbocycles. The van der Waals surface area contributed by atoms with Crippen molar-refractivity contribution in [2.75, 3.05) is 31.6 Å². The molecule has 0 spiro atoms. The van der Waals surface area contributed by atoms with Crippen molar-refractivity contribution in [1.82, 2.24) is 24.7 Å². The van der Waals surface area contributed by atoms with Crippen molar-refractivity contribution >= 4 is 15.7 Å². The summed E-state index contributed by atoms with van der Waals surface area (Å²) in [5, 5.41) is 8.09. The first-order chi connectivity index (χ1) is 12.3. The molecule has 2 aliphatic rings. The van der Waals surface area contributed by atoms with Gasteiger partial charge in [0.25, 0.3) is 5.91 Å². The van der Waals surface area contributed by atoms with E-state index in [2.05, 4.69) is 10.3 Å². The van der Waals surface area contributed by atoms with E-state index >= 15 is 0 Å². The minimum Gasteiger partial charge on any atom is -0.355 e. The fourth-order valence-corrected chi connectivity index (χ4v) is 5.82. The first-order valence-electron chi connectivity index (χ1n) is 8.44. The monoisotopic (exact) mass is 379 g/mol. The Bertz CT molecular complexity index is 963. The first-order valence-corrected chi connectivity index (χ1v) is 10.3. The maximum absolute atomic E-state index is 13.0. The third kappa shape index (κ3) is 2.73. The molecule has 4 heterocycles. The topological polar surface area (TPSA) is 102 Å². The van der Waals surface area contributed by atoms with Crippen LogP contribution in [0.1, 0.15) is 16.2 Å². The number of hydrogen-bond acceptors (Lipinski definition) is 7. The Morgan fingerprint density at radius 2 is 1.96 bits per heavy atom. The molecule has 140 valence electrons. The predicted octanol–water partition coefficient (Wildman–Crippen LogP) is -0.0633. The van der Waals surface area contributed by atoms with Crippen LogP contribution in [-0.2, 0) is 16.9 Å². The van der Waals surface area contributed by atoms with E-state index in [1.54, 1.807) is 21.8 Å². The van der Waals surface area contributed by atoms with Gasteiger partial charge in [0.15, 0.2) is 21.3 Å². The summed E-state index contributed by atoms with van der Waals surface area (Å²) < 4.78 is 31.2. The van der Waals surface area contributed by atoms with E-state index in [9.17, 15) is 13.2 Å². The molecule has 2 aliphatic heterocycles. The summed E-state index contributed by atoms with van der Waals surface area (Å²) in [6.45, 7) is 3.01. The smallest absolute Gasteiger partial charge is 0.276 e. The zero-order valence-corrected chi connectivity index (χ0v) is 15.7. The van der Waals surface area contributed by atoms with Crippen LogP contribution in [0, 0.1) is 6.92 Å². The van der Waals surface area contributed by atoms with Crippen LogP contribution in [0.15, 0.2) is 16.8 Å². The summed E-state index contributed by atoms with van der Waals surface area (Å²) >= 11 is 0. The number of aryl methyl sites for hydroxylation is 1. The van der Waals surface area contributed by atoms with Crippen molar-refractivity contribution in [2.24, 2.45) is 7.05 Å². The number of nitrogens with zero attached hydrogens (tertiary/aromatic N) is 5. The van der Waals surface area contributed by atoms with Crippen LogP contribution in [0.4, 0.5) is 0 Å². The molecule has 9 nitrogen and oxygen atoms in total. The molecular formula is C16H21N5O4S. The highest BCUT2D eigenvalue weighted by Gasteiger charge is 2.47. The van der Waals surface area contributed by atoms with Gasteiger partial charge in [-0.1, -0.05) is 5.16 Å².